The summed E-state index contributed by atoms with van der Waals surface area (Å²) >= 11 is 0.840. The number of methoxy groups -OCH3 is 1. The first kappa shape index (κ1) is 29.2. The van der Waals surface area contributed by atoms with Crippen molar-refractivity contribution >= 4 is 29.1 Å². The number of hydrogen-bond acceptors (Lipinski definition) is 8. The van der Waals surface area contributed by atoms with Gasteiger partial charge in [0.05, 0.1) is 18.2 Å². The number of benzene rings is 2. The number of hydrogen-bond donors (Lipinski definition) is 2. The second-order valence-electron chi connectivity index (χ2n) is 8.71. The van der Waals surface area contributed by atoms with Gasteiger partial charge in [0.1, 0.15) is 17.6 Å². The number of nitrogens with zero attached hydrogens (tertiary/aromatic N) is 1. The van der Waals surface area contributed by atoms with Crippen LogP contribution in [0.15, 0.2) is 24.3 Å². The molecule has 0 saturated heterocycles. The van der Waals surface area contributed by atoms with Gasteiger partial charge in [-0.05, 0) is 75.9 Å². The molecule has 2 N–H and O–H groups in total. The lowest BCUT2D eigenvalue weighted by Gasteiger charge is -2.18. The number of ether oxygens (including phenoxy) is 3. The van der Waals surface area contributed by atoms with Crippen molar-refractivity contribution in [1.29, 1.82) is 5.26 Å². The number of amides is 2. The smallest absolute Gasteiger partial charge is 0.352 e. The molecule has 0 saturated carbocycles. The van der Waals surface area contributed by atoms with E-state index < -0.39 is 5.97 Å². The number of carbonyl (C=O) groups is 3. The lowest BCUT2D eigenvalue weighted by Crippen LogP contribution is -2.23. The highest BCUT2D eigenvalue weighted by atomic mass is 32.1. The van der Waals surface area contributed by atoms with E-state index in [0.29, 0.717) is 24.2 Å². The average molecular weight is 550 g/mol. The monoisotopic (exact) mass is 549 g/mol. The van der Waals surface area contributed by atoms with Gasteiger partial charge in [0, 0.05) is 13.1 Å². The third-order valence-corrected chi connectivity index (χ3v) is 7.26. The molecule has 9 nitrogen and oxygen atoms in total. The Labute approximate surface area is 231 Å². The molecule has 0 aliphatic heterocycles. The van der Waals surface area contributed by atoms with Crippen LogP contribution in [0.25, 0.3) is 0 Å². The van der Waals surface area contributed by atoms with Crippen LogP contribution in [-0.4, -0.2) is 38.0 Å². The largest absolute Gasteiger partial charge is 0.465 e. The van der Waals surface area contributed by atoms with Gasteiger partial charge in [-0.1, -0.05) is 12.1 Å². The number of nitrogens with one attached hydrogen (secondary N) is 2. The van der Waals surface area contributed by atoms with Crippen molar-refractivity contribution < 1.29 is 28.6 Å². The summed E-state index contributed by atoms with van der Waals surface area (Å²) in [6.07, 6.45) is 0. The van der Waals surface area contributed by atoms with Gasteiger partial charge in [-0.3, -0.25) is 9.59 Å². The quantitative estimate of drug-likeness (QED) is 0.327. The van der Waals surface area contributed by atoms with Crippen LogP contribution in [-0.2, 0) is 4.74 Å². The molecule has 0 aliphatic carbocycles. The van der Waals surface area contributed by atoms with Gasteiger partial charge in [-0.2, -0.15) is 5.26 Å². The van der Waals surface area contributed by atoms with Gasteiger partial charge < -0.3 is 24.8 Å². The molecule has 1 heterocycles. The molecule has 0 aliphatic rings. The molecule has 3 rings (SSSR count). The fraction of sp³-hybridized carbons (Fsp3) is 0.310. The molecule has 0 radical (unpaired) electrons. The summed E-state index contributed by atoms with van der Waals surface area (Å²) in [7, 11) is 1.22. The minimum absolute atomic E-state index is 0.0170. The minimum atomic E-state index is -0.740. The minimum Gasteiger partial charge on any atom is -0.465 e. The fourth-order valence-corrected chi connectivity index (χ4v) is 4.67. The lowest BCUT2D eigenvalue weighted by atomic mass is 10.0. The number of esters is 1. The number of carbonyl (C=O) groups excluding carboxylic acids is 3. The number of rotatable bonds is 9. The summed E-state index contributed by atoms with van der Waals surface area (Å²) in [5, 5.41) is 15.5. The van der Waals surface area contributed by atoms with Crippen molar-refractivity contribution in [3.8, 4) is 29.1 Å². The van der Waals surface area contributed by atoms with E-state index in [0.717, 1.165) is 22.5 Å². The SMILES string of the molecule is CCNC(=O)c1ccc(C)c(C)c1Oc1c(C#N)sc(C(=O)OC)c1Oc1c(C(=O)NCC)ccc(C)c1C. The number of thiophene rings is 1. The maximum atomic E-state index is 12.9. The van der Waals surface area contributed by atoms with Gasteiger partial charge in [-0.15, -0.1) is 11.3 Å². The van der Waals surface area contributed by atoms with Crippen LogP contribution in [0.2, 0.25) is 0 Å². The van der Waals surface area contributed by atoms with Crippen molar-refractivity contribution in [2.24, 2.45) is 0 Å². The second-order valence-corrected chi connectivity index (χ2v) is 9.73. The van der Waals surface area contributed by atoms with Gasteiger partial charge in [0.2, 0.25) is 0 Å². The summed E-state index contributed by atoms with van der Waals surface area (Å²) in [5.74, 6) is -1.15. The van der Waals surface area contributed by atoms with Crippen LogP contribution < -0.4 is 20.1 Å². The zero-order chi connectivity index (χ0) is 28.9. The van der Waals surface area contributed by atoms with Gasteiger partial charge in [0.15, 0.2) is 21.3 Å². The average Bonchev–Trinajstić information content (AvgIpc) is 3.26. The number of aryl methyl sites for hydroxylation is 2. The standard InChI is InChI=1S/C29H31N3O6S/c1-8-31-27(33)19-12-10-15(3)17(5)22(19)37-24-21(14-30)39-26(29(35)36-7)25(24)38-23-18(6)16(4)11-13-20(23)28(34)32-9-2/h10-13H,8-9H2,1-7H3,(H,31,33)(H,32,34). The molecule has 0 unspecified atom stereocenters. The molecule has 39 heavy (non-hydrogen) atoms. The molecule has 1 aromatic heterocycles. The molecule has 204 valence electrons. The van der Waals surface area contributed by atoms with E-state index in [2.05, 4.69) is 16.7 Å². The molecule has 0 atom stereocenters. The normalized spacial score (nSPS) is 10.4. The van der Waals surface area contributed by atoms with E-state index in [1.165, 1.54) is 7.11 Å². The summed E-state index contributed by atoms with van der Waals surface area (Å²) in [6.45, 7) is 11.7. The first-order chi connectivity index (χ1) is 18.6. The van der Waals surface area contributed by atoms with E-state index in [4.69, 9.17) is 14.2 Å². The van der Waals surface area contributed by atoms with Crippen LogP contribution in [0.1, 0.15) is 71.4 Å². The third kappa shape index (κ3) is 5.89. The van der Waals surface area contributed by atoms with Crippen molar-refractivity contribution in [3.05, 3.63) is 67.4 Å². The Balaban J connectivity index is 2.30. The Morgan fingerprint density at radius 1 is 0.795 bits per heavy atom. The Bertz CT molecular complexity index is 1490. The van der Waals surface area contributed by atoms with Crippen LogP contribution >= 0.6 is 11.3 Å². The Morgan fingerprint density at radius 2 is 1.26 bits per heavy atom. The molecule has 10 heteroatoms. The summed E-state index contributed by atoms with van der Waals surface area (Å²) in [5.41, 5.74) is 3.56. The Kier molecular flexibility index (Phi) is 9.33. The third-order valence-electron chi connectivity index (χ3n) is 6.22. The van der Waals surface area contributed by atoms with Crippen LogP contribution in [0.3, 0.4) is 0 Å². The van der Waals surface area contributed by atoms with Gasteiger partial charge >= 0.3 is 5.97 Å². The van der Waals surface area contributed by atoms with Crippen molar-refractivity contribution in [3.63, 3.8) is 0 Å². The molecular weight excluding hydrogens is 518 g/mol. The van der Waals surface area contributed by atoms with E-state index in [1.807, 2.05) is 13.8 Å². The molecule has 2 aromatic carbocycles. The molecule has 0 fully saturated rings. The van der Waals surface area contributed by atoms with Gasteiger partial charge in [0.25, 0.3) is 11.8 Å². The molecular formula is C29H31N3O6S. The van der Waals surface area contributed by atoms with E-state index in [1.54, 1.807) is 52.0 Å². The topological polar surface area (TPSA) is 127 Å². The predicted octanol–water partition coefficient (Wildman–Crippen LogP) is 5.72. The molecule has 2 amide bonds. The number of nitriles is 1. The van der Waals surface area contributed by atoms with Crippen molar-refractivity contribution in [1.82, 2.24) is 10.6 Å². The Hall–Kier alpha value is -4.36. The van der Waals surface area contributed by atoms with E-state index >= 15 is 0 Å². The molecule has 0 bridgehead atoms. The van der Waals surface area contributed by atoms with Crippen LogP contribution in [0, 0.1) is 39.0 Å². The summed E-state index contributed by atoms with van der Waals surface area (Å²) in [6, 6.07) is 8.94. The Morgan fingerprint density at radius 3 is 1.67 bits per heavy atom. The highest BCUT2D eigenvalue weighted by molar-refractivity contribution is 7.15. The van der Waals surface area contributed by atoms with E-state index in [9.17, 15) is 19.6 Å². The highest BCUT2D eigenvalue weighted by Crippen LogP contribution is 2.48. The first-order valence-electron chi connectivity index (χ1n) is 12.4. The van der Waals surface area contributed by atoms with Gasteiger partial charge in [-0.25, -0.2) is 4.79 Å². The molecule has 0 spiro atoms. The zero-order valence-corrected chi connectivity index (χ0v) is 23.8. The molecule has 3 aromatic rings. The maximum Gasteiger partial charge on any atom is 0.352 e. The van der Waals surface area contributed by atoms with Crippen LogP contribution in [0.5, 0.6) is 23.0 Å². The first-order valence-corrected chi connectivity index (χ1v) is 13.2. The van der Waals surface area contributed by atoms with Crippen LogP contribution in [0.4, 0.5) is 0 Å². The highest BCUT2D eigenvalue weighted by Gasteiger charge is 2.31. The van der Waals surface area contributed by atoms with E-state index in [-0.39, 0.29) is 55.7 Å². The summed E-state index contributed by atoms with van der Waals surface area (Å²) < 4.78 is 17.6. The fourth-order valence-electron chi connectivity index (χ4n) is 3.80. The maximum absolute atomic E-state index is 12.9. The van der Waals surface area contributed by atoms with Crippen molar-refractivity contribution in [2.45, 2.75) is 41.5 Å². The second kappa shape index (κ2) is 12.5. The summed E-state index contributed by atoms with van der Waals surface area (Å²) in [4.78, 5) is 38.6. The zero-order valence-electron chi connectivity index (χ0n) is 23.0. The van der Waals surface area contributed by atoms with Crippen molar-refractivity contribution in [2.75, 3.05) is 20.2 Å². The predicted molar refractivity (Wildman–Crippen MR) is 148 cm³/mol. The lowest BCUT2D eigenvalue weighted by molar-refractivity contribution is 0.0603.